The monoisotopic (exact) mass is 381 g/mol. The molecule has 0 unspecified atom stereocenters. The summed E-state index contributed by atoms with van der Waals surface area (Å²) in [4.78, 5) is 12.4. The molecule has 8 heteroatoms. The number of benzene rings is 1. The number of aliphatic hydroxyl groups excluding tert-OH is 2. The quantitative estimate of drug-likeness (QED) is 0.615. The fourth-order valence-electron chi connectivity index (χ4n) is 3.19. The Morgan fingerprint density at radius 3 is 2.63 bits per heavy atom. The first-order valence-corrected chi connectivity index (χ1v) is 9.14. The second kappa shape index (κ2) is 8.64. The van der Waals surface area contributed by atoms with E-state index in [2.05, 4.69) is 0 Å². The van der Waals surface area contributed by atoms with E-state index >= 15 is 0 Å². The molecule has 2 aliphatic rings. The number of hydrogen-bond acceptors (Lipinski definition) is 8. The van der Waals surface area contributed by atoms with Crippen molar-refractivity contribution >= 4 is 5.97 Å². The summed E-state index contributed by atoms with van der Waals surface area (Å²) in [5.41, 5.74) is 6.77. The number of esters is 1. The van der Waals surface area contributed by atoms with E-state index in [9.17, 15) is 15.0 Å². The number of carbonyl (C=O) groups excluding carboxylic acids is 1. The first kappa shape index (κ1) is 20.2. The van der Waals surface area contributed by atoms with Crippen molar-refractivity contribution in [3.8, 4) is 0 Å². The van der Waals surface area contributed by atoms with E-state index in [4.69, 9.17) is 24.7 Å². The maximum atomic E-state index is 12.4. The minimum absolute atomic E-state index is 0.125. The highest BCUT2D eigenvalue weighted by molar-refractivity contribution is 5.76. The average Bonchev–Trinajstić information content (AvgIpc) is 2.69. The Hall–Kier alpha value is -1.55. The fourth-order valence-corrected chi connectivity index (χ4v) is 3.19. The summed E-state index contributed by atoms with van der Waals surface area (Å²) in [7, 11) is 0. The molecule has 1 aromatic rings. The van der Waals surface area contributed by atoms with Crippen molar-refractivity contribution in [2.45, 2.75) is 56.7 Å². The number of fused-ring (bicyclic) bond motifs is 1. The highest BCUT2D eigenvalue weighted by Gasteiger charge is 2.51. The Labute approximate surface area is 158 Å². The zero-order valence-corrected chi connectivity index (χ0v) is 15.4. The van der Waals surface area contributed by atoms with Crippen LogP contribution in [-0.4, -0.2) is 66.1 Å². The first-order chi connectivity index (χ1) is 12.9. The van der Waals surface area contributed by atoms with Gasteiger partial charge in [-0.05, 0) is 11.5 Å². The molecule has 27 heavy (non-hydrogen) atoms. The molecule has 150 valence electrons. The highest BCUT2D eigenvalue weighted by Crippen LogP contribution is 2.35. The third kappa shape index (κ3) is 4.31. The van der Waals surface area contributed by atoms with Crippen LogP contribution >= 0.6 is 0 Å². The van der Waals surface area contributed by atoms with Crippen LogP contribution in [0.15, 0.2) is 30.3 Å². The molecule has 0 amide bonds. The lowest BCUT2D eigenvalue weighted by Gasteiger charge is -2.47. The molecule has 3 rings (SSSR count). The predicted molar refractivity (Wildman–Crippen MR) is 94.5 cm³/mol. The lowest BCUT2D eigenvalue weighted by Crippen LogP contribution is -2.63. The third-order valence-corrected chi connectivity index (χ3v) is 4.95. The molecule has 2 saturated heterocycles. The van der Waals surface area contributed by atoms with Crippen molar-refractivity contribution in [3.05, 3.63) is 35.9 Å². The molecular formula is C19H27NO7. The fraction of sp³-hybridized carbons (Fsp3) is 0.632. The van der Waals surface area contributed by atoms with Gasteiger partial charge in [0, 0.05) is 0 Å². The van der Waals surface area contributed by atoms with E-state index in [1.165, 1.54) is 0 Å². The Morgan fingerprint density at radius 1 is 1.30 bits per heavy atom. The summed E-state index contributed by atoms with van der Waals surface area (Å²) >= 11 is 0. The zero-order valence-electron chi connectivity index (χ0n) is 15.4. The van der Waals surface area contributed by atoms with Gasteiger partial charge in [0.2, 0.25) is 0 Å². The maximum absolute atomic E-state index is 12.4. The van der Waals surface area contributed by atoms with Crippen LogP contribution in [0.3, 0.4) is 0 Å². The van der Waals surface area contributed by atoms with Gasteiger partial charge in [-0.1, -0.05) is 44.2 Å². The average molecular weight is 381 g/mol. The van der Waals surface area contributed by atoms with Gasteiger partial charge in [-0.2, -0.15) is 0 Å². The molecule has 0 aromatic heterocycles. The number of hydrogen-bond donors (Lipinski definition) is 3. The summed E-state index contributed by atoms with van der Waals surface area (Å²) in [5.74, 6) is -0.767. The predicted octanol–water partition coefficient (Wildman–Crippen LogP) is 0.116. The van der Waals surface area contributed by atoms with E-state index in [1.807, 2.05) is 30.3 Å². The van der Waals surface area contributed by atoms with Gasteiger partial charge >= 0.3 is 5.97 Å². The Kier molecular flexibility index (Phi) is 6.46. The molecule has 0 spiro atoms. The number of carbonyl (C=O) groups is 1. The Balaban J connectivity index is 1.80. The number of rotatable bonds is 5. The SMILES string of the molecule is CC(C)[C@@H](N)C(=O)O[C@H]1[C@H](O)[C@@H](CO)O[C@H]2OC[C@@H](c3ccccc3)O[C@@H]21. The lowest BCUT2D eigenvalue weighted by molar-refractivity contribution is -0.351. The van der Waals surface area contributed by atoms with Crippen molar-refractivity contribution in [1.82, 2.24) is 0 Å². The van der Waals surface area contributed by atoms with Crippen molar-refractivity contribution in [3.63, 3.8) is 0 Å². The molecule has 1 aromatic carbocycles. The van der Waals surface area contributed by atoms with Crippen molar-refractivity contribution in [1.29, 1.82) is 0 Å². The highest BCUT2D eigenvalue weighted by atomic mass is 16.7. The van der Waals surface area contributed by atoms with Crippen LogP contribution in [0, 0.1) is 5.92 Å². The second-order valence-electron chi connectivity index (χ2n) is 7.22. The zero-order chi connectivity index (χ0) is 19.6. The van der Waals surface area contributed by atoms with Crippen LogP contribution in [0.2, 0.25) is 0 Å². The van der Waals surface area contributed by atoms with Gasteiger partial charge in [-0.25, -0.2) is 0 Å². The first-order valence-electron chi connectivity index (χ1n) is 9.14. The normalized spacial score (nSPS) is 34.7. The van der Waals surface area contributed by atoms with Gasteiger partial charge in [-0.3, -0.25) is 4.79 Å². The van der Waals surface area contributed by atoms with Crippen LogP contribution < -0.4 is 5.73 Å². The standard InChI is InChI=1S/C19H27NO7/c1-10(2)14(20)18(23)27-16-15(22)12(8-21)26-19-17(16)25-13(9-24-19)11-6-4-3-5-7-11/h3-7,10,12-17,19,21-22H,8-9,20H2,1-2H3/t12-,13+,14-,15-,16+,17-,19-/m1/s1. The topological polar surface area (TPSA) is 120 Å². The van der Waals surface area contributed by atoms with E-state index in [0.717, 1.165) is 5.56 Å². The summed E-state index contributed by atoms with van der Waals surface area (Å²) < 4.78 is 22.9. The smallest absolute Gasteiger partial charge is 0.323 e. The molecule has 2 heterocycles. The molecule has 2 fully saturated rings. The maximum Gasteiger partial charge on any atom is 0.323 e. The van der Waals surface area contributed by atoms with E-state index in [-0.39, 0.29) is 12.5 Å². The van der Waals surface area contributed by atoms with E-state index in [1.54, 1.807) is 13.8 Å². The van der Waals surface area contributed by atoms with Gasteiger partial charge in [0.25, 0.3) is 0 Å². The van der Waals surface area contributed by atoms with Gasteiger partial charge in [-0.15, -0.1) is 0 Å². The summed E-state index contributed by atoms with van der Waals surface area (Å²) in [6, 6.07) is 8.64. The molecule has 0 aliphatic carbocycles. The summed E-state index contributed by atoms with van der Waals surface area (Å²) in [5, 5.41) is 20.0. The molecule has 4 N–H and O–H groups in total. The van der Waals surface area contributed by atoms with Crippen LogP contribution in [0.1, 0.15) is 25.5 Å². The third-order valence-electron chi connectivity index (χ3n) is 4.95. The summed E-state index contributed by atoms with van der Waals surface area (Å²) in [6.45, 7) is 3.40. The Bertz CT molecular complexity index is 626. The van der Waals surface area contributed by atoms with Gasteiger partial charge < -0.3 is 34.9 Å². The van der Waals surface area contributed by atoms with Crippen LogP contribution in [0.4, 0.5) is 0 Å². The van der Waals surface area contributed by atoms with Crippen molar-refractivity contribution in [2.75, 3.05) is 13.2 Å². The molecule has 0 bridgehead atoms. The van der Waals surface area contributed by atoms with Gasteiger partial charge in [0.15, 0.2) is 12.4 Å². The molecular weight excluding hydrogens is 354 g/mol. The molecule has 7 atom stereocenters. The number of aliphatic hydroxyl groups is 2. The van der Waals surface area contributed by atoms with Gasteiger partial charge in [0.1, 0.15) is 30.5 Å². The molecule has 2 aliphatic heterocycles. The molecule has 0 saturated carbocycles. The minimum Gasteiger partial charge on any atom is -0.455 e. The van der Waals surface area contributed by atoms with Crippen LogP contribution in [-0.2, 0) is 23.7 Å². The van der Waals surface area contributed by atoms with E-state index in [0.29, 0.717) is 0 Å². The van der Waals surface area contributed by atoms with Crippen molar-refractivity contribution in [2.24, 2.45) is 11.7 Å². The minimum atomic E-state index is -1.27. The van der Waals surface area contributed by atoms with Crippen LogP contribution in [0.25, 0.3) is 0 Å². The largest absolute Gasteiger partial charge is 0.455 e. The van der Waals surface area contributed by atoms with Gasteiger partial charge in [0.05, 0.1) is 13.2 Å². The lowest BCUT2D eigenvalue weighted by atomic mass is 9.96. The van der Waals surface area contributed by atoms with E-state index < -0.39 is 55.4 Å². The van der Waals surface area contributed by atoms with Crippen LogP contribution in [0.5, 0.6) is 0 Å². The van der Waals surface area contributed by atoms with Crippen molar-refractivity contribution < 1.29 is 34.0 Å². The number of ether oxygens (including phenoxy) is 4. The second-order valence-corrected chi connectivity index (χ2v) is 7.22. The Morgan fingerprint density at radius 2 is 2.00 bits per heavy atom. The molecule has 0 radical (unpaired) electrons. The molecule has 8 nitrogen and oxygen atoms in total. The number of nitrogens with two attached hydrogens (primary N) is 1. The summed E-state index contributed by atoms with van der Waals surface area (Å²) in [6.07, 6.45) is -5.38.